The minimum Gasteiger partial charge on any atom is -0.493 e. The molecule has 5 rings (SSSR count). The van der Waals surface area contributed by atoms with Crippen molar-refractivity contribution in [2.45, 2.75) is 33.4 Å². The fourth-order valence-electron chi connectivity index (χ4n) is 4.40. The van der Waals surface area contributed by atoms with Crippen molar-refractivity contribution in [3.63, 3.8) is 0 Å². The average molecular weight is 447 g/mol. The minimum absolute atomic E-state index is 0.235. The molecule has 0 bridgehead atoms. The first-order chi connectivity index (χ1) is 15.9. The van der Waals surface area contributed by atoms with Crippen LogP contribution in [-0.2, 0) is 19.5 Å². The maximum absolute atomic E-state index is 14.6. The molecular weight excluding hydrogens is 419 g/mol. The summed E-state index contributed by atoms with van der Waals surface area (Å²) in [5.41, 5.74) is 7.26. The van der Waals surface area contributed by atoms with E-state index in [1.165, 1.54) is 6.07 Å². The number of fused-ring (bicyclic) bond motifs is 2. The van der Waals surface area contributed by atoms with Gasteiger partial charge < -0.3 is 15.0 Å². The number of pyridine rings is 1. The van der Waals surface area contributed by atoms with Crippen LogP contribution >= 0.6 is 0 Å². The Labute approximate surface area is 192 Å². The summed E-state index contributed by atoms with van der Waals surface area (Å²) in [7, 11) is 4.06. The Kier molecular flexibility index (Phi) is 5.46. The van der Waals surface area contributed by atoms with Gasteiger partial charge in [-0.05, 0) is 51.7 Å². The number of rotatable bonds is 6. The van der Waals surface area contributed by atoms with E-state index in [0.717, 1.165) is 51.6 Å². The second-order valence-corrected chi connectivity index (χ2v) is 8.75. The minimum atomic E-state index is -0.235. The number of hydrogen-bond acceptors (Lipinski definition) is 6. The van der Waals surface area contributed by atoms with Crippen molar-refractivity contribution in [2.75, 3.05) is 26.0 Å². The van der Waals surface area contributed by atoms with Crippen LogP contribution in [0.4, 0.5) is 10.3 Å². The quantitative estimate of drug-likeness (QED) is 0.480. The molecule has 4 heterocycles. The molecule has 1 aromatic carbocycles. The number of nitrogens with one attached hydrogen (secondary N) is 1. The molecule has 8 heteroatoms. The lowest BCUT2D eigenvalue weighted by molar-refractivity contribution is 0.356. The van der Waals surface area contributed by atoms with Gasteiger partial charge >= 0.3 is 0 Å². The molecule has 33 heavy (non-hydrogen) atoms. The first kappa shape index (κ1) is 21.3. The molecule has 7 nitrogen and oxygen atoms in total. The van der Waals surface area contributed by atoms with Gasteiger partial charge in [0, 0.05) is 60.4 Å². The van der Waals surface area contributed by atoms with Crippen LogP contribution in [0, 0.1) is 19.7 Å². The van der Waals surface area contributed by atoms with Gasteiger partial charge in [0.1, 0.15) is 17.2 Å². The largest absolute Gasteiger partial charge is 0.493 e. The topological polar surface area (TPSA) is 67.6 Å². The van der Waals surface area contributed by atoms with Gasteiger partial charge in [-0.25, -0.2) is 14.4 Å². The third-order valence-electron chi connectivity index (χ3n) is 5.91. The molecule has 0 unspecified atom stereocenters. The Bertz CT molecular complexity index is 1350. The Morgan fingerprint density at radius 2 is 1.97 bits per heavy atom. The van der Waals surface area contributed by atoms with Gasteiger partial charge in [0.15, 0.2) is 0 Å². The number of aryl methyl sites for hydroxylation is 2. The molecular formula is C25H27FN6O. The molecule has 0 fully saturated rings. The summed E-state index contributed by atoms with van der Waals surface area (Å²) in [5, 5.41) is 3.31. The number of benzene rings is 1. The van der Waals surface area contributed by atoms with Crippen molar-refractivity contribution in [1.82, 2.24) is 24.3 Å². The zero-order valence-corrected chi connectivity index (χ0v) is 19.3. The van der Waals surface area contributed by atoms with Crippen LogP contribution in [0.1, 0.15) is 28.1 Å². The Morgan fingerprint density at radius 1 is 1.15 bits per heavy atom. The fourth-order valence-corrected chi connectivity index (χ4v) is 4.40. The predicted octanol–water partition coefficient (Wildman–Crippen LogP) is 4.16. The van der Waals surface area contributed by atoms with Crippen LogP contribution < -0.4 is 10.1 Å². The van der Waals surface area contributed by atoms with Gasteiger partial charge in [0.05, 0.1) is 18.0 Å². The average Bonchev–Trinajstić information content (AvgIpc) is 3.39. The summed E-state index contributed by atoms with van der Waals surface area (Å²) in [5.74, 6) is 1.14. The van der Waals surface area contributed by atoms with E-state index in [4.69, 9.17) is 9.72 Å². The summed E-state index contributed by atoms with van der Waals surface area (Å²) in [6.07, 6.45) is 6.36. The van der Waals surface area contributed by atoms with E-state index < -0.39 is 0 Å². The van der Waals surface area contributed by atoms with E-state index in [9.17, 15) is 4.39 Å². The van der Waals surface area contributed by atoms with Crippen molar-refractivity contribution in [1.29, 1.82) is 0 Å². The molecule has 0 aliphatic carbocycles. The SMILES string of the molecule is Cc1cn2c(NCc3c(F)ccc4c3CCO4)ncc(-c3cnc(CN(C)C)cc3C)c2n1. The maximum Gasteiger partial charge on any atom is 0.208 e. The maximum atomic E-state index is 14.6. The van der Waals surface area contributed by atoms with E-state index in [1.54, 1.807) is 6.07 Å². The molecule has 170 valence electrons. The van der Waals surface area contributed by atoms with Crippen molar-refractivity contribution >= 4 is 11.6 Å². The van der Waals surface area contributed by atoms with Gasteiger partial charge in [0.25, 0.3) is 0 Å². The Balaban J connectivity index is 1.49. The van der Waals surface area contributed by atoms with E-state index in [-0.39, 0.29) is 5.82 Å². The Hall–Kier alpha value is -3.52. The van der Waals surface area contributed by atoms with Crippen molar-refractivity contribution in [2.24, 2.45) is 0 Å². The molecule has 0 saturated carbocycles. The van der Waals surface area contributed by atoms with Crippen LogP contribution in [0.5, 0.6) is 5.75 Å². The van der Waals surface area contributed by atoms with Crippen molar-refractivity contribution < 1.29 is 9.13 Å². The van der Waals surface area contributed by atoms with E-state index >= 15 is 0 Å². The molecule has 0 spiro atoms. The highest BCUT2D eigenvalue weighted by Gasteiger charge is 2.20. The van der Waals surface area contributed by atoms with E-state index in [2.05, 4.69) is 33.2 Å². The molecule has 0 saturated heterocycles. The van der Waals surface area contributed by atoms with Crippen LogP contribution in [0.15, 0.2) is 36.8 Å². The molecule has 0 atom stereocenters. The molecule has 1 aliphatic rings. The number of nitrogens with zero attached hydrogens (tertiary/aromatic N) is 5. The van der Waals surface area contributed by atoms with Gasteiger partial charge in [-0.1, -0.05) is 0 Å². The summed E-state index contributed by atoms with van der Waals surface area (Å²) in [4.78, 5) is 16.1. The first-order valence-electron chi connectivity index (χ1n) is 11.0. The number of ether oxygens (including phenoxy) is 1. The standard InChI is InChI=1S/C25H27FN6O/c1-15-9-17(14-31(3)4)27-10-19(15)21-12-29-25(32-13-16(2)30-24(21)32)28-11-20-18-7-8-33-23(18)6-5-22(20)26/h5-6,9-10,12-13H,7-8,11,14H2,1-4H3,(H,28,29). The lowest BCUT2D eigenvalue weighted by Gasteiger charge is -2.14. The van der Waals surface area contributed by atoms with Crippen LogP contribution in [0.2, 0.25) is 0 Å². The van der Waals surface area contributed by atoms with Crippen LogP contribution in [0.25, 0.3) is 16.8 Å². The van der Waals surface area contributed by atoms with Crippen LogP contribution in [0.3, 0.4) is 0 Å². The molecule has 1 aliphatic heterocycles. The molecule has 1 N–H and O–H groups in total. The molecule has 3 aromatic heterocycles. The van der Waals surface area contributed by atoms with Gasteiger partial charge in [-0.2, -0.15) is 0 Å². The summed E-state index contributed by atoms with van der Waals surface area (Å²) < 4.78 is 22.1. The first-order valence-corrected chi connectivity index (χ1v) is 11.0. The third kappa shape index (κ3) is 4.02. The lowest BCUT2D eigenvalue weighted by Crippen LogP contribution is -2.12. The lowest BCUT2D eigenvalue weighted by atomic mass is 10.0. The zero-order chi connectivity index (χ0) is 23.1. The summed E-state index contributed by atoms with van der Waals surface area (Å²) in [6.45, 7) is 5.72. The van der Waals surface area contributed by atoms with Crippen molar-refractivity contribution in [3.8, 4) is 16.9 Å². The molecule has 0 radical (unpaired) electrons. The zero-order valence-electron chi connectivity index (χ0n) is 19.3. The summed E-state index contributed by atoms with van der Waals surface area (Å²) >= 11 is 0. The van der Waals surface area contributed by atoms with E-state index in [0.29, 0.717) is 31.1 Å². The fraction of sp³-hybridized carbons (Fsp3) is 0.320. The highest BCUT2D eigenvalue weighted by molar-refractivity contribution is 5.79. The third-order valence-corrected chi connectivity index (χ3v) is 5.91. The Morgan fingerprint density at radius 3 is 2.76 bits per heavy atom. The number of imidazole rings is 1. The number of anilines is 1. The normalized spacial score (nSPS) is 12.9. The second-order valence-electron chi connectivity index (χ2n) is 8.75. The van der Waals surface area contributed by atoms with Gasteiger partial charge in [-0.3, -0.25) is 9.38 Å². The number of hydrogen-bond donors (Lipinski definition) is 1. The molecule has 4 aromatic rings. The van der Waals surface area contributed by atoms with Crippen LogP contribution in [-0.4, -0.2) is 45.0 Å². The molecule has 0 amide bonds. The van der Waals surface area contributed by atoms with Gasteiger partial charge in [-0.15, -0.1) is 0 Å². The second kappa shape index (κ2) is 8.44. The van der Waals surface area contributed by atoms with Gasteiger partial charge in [0.2, 0.25) is 5.95 Å². The summed E-state index contributed by atoms with van der Waals surface area (Å²) in [6, 6.07) is 5.27. The monoisotopic (exact) mass is 446 g/mol. The highest BCUT2D eigenvalue weighted by atomic mass is 19.1. The number of aromatic nitrogens is 4. The smallest absolute Gasteiger partial charge is 0.208 e. The highest BCUT2D eigenvalue weighted by Crippen LogP contribution is 2.32. The number of halogens is 1. The van der Waals surface area contributed by atoms with Crippen molar-refractivity contribution in [3.05, 3.63) is 70.7 Å². The predicted molar refractivity (Wildman–Crippen MR) is 126 cm³/mol. The van der Waals surface area contributed by atoms with E-state index in [1.807, 2.05) is 44.0 Å².